The second-order valence-corrected chi connectivity index (χ2v) is 6.35. The number of unbranched alkanes of at least 4 members (excludes halogenated alkanes) is 2. The van der Waals surface area contributed by atoms with Crippen molar-refractivity contribution in [3.63, 3.8) is 0 Å². The number of ether oxygens (including phenoxy) is 2. The summed E-state index contributed by atoms with van der Waals surface area (Å²) in [6, 6.07) is 8.19. The lowest BCUT2D eigenvalue weighted by Gasteiger charge is -2.16. The normalized spacial score (nSPS) is 11.7. The first-order valence-electron chi connectivity index (χ1n) is 9.53. The van der Waals surface area contributed by atoms with Gasteiger partial charge in [0, 0.05) is 40.3 Å². The third kappa shape index (κ3) is 10.3. The standard InChI is InChI=1S/C20H36N4O2/c1-5-6-7-11-22-20(21-2)23-17-18-9-8-10-19(16-18)26-15-13-24(3)12-14-25-4/h8-10,16H,5-7,11-15,17H2,1-4H3,(H2,21,22,23). The summed E-state index contributed by atoms with van der Waals surface area (Å²) < 4.78 is 10.9. The molecule has 0 aliphatic heterocycles. The van der Waals surface area contributed by atoms with Crippen molar-refractivity contribution in [1.82, 2.24) is 15.5 Å². The van der Waals surface area contributed by atoms with Crippen molar-refractivity contribution in [3.05, 3.63) is 29.8 Å². The molecule has 26 heavy (non-hydrogen) atoms. The second kappa shape index (κ2) is 14.4. The van der Waals surface area contributed by atoms with Gasteiger partial charge in [0.05, 0.1) is 6.61 Å². The molecule has 0 amide bonds. The highest BCUT2D eigenvalue weighted by molar-refractivity contribution is 5.79. The summed E-state index contributed by atoms with van der Waals surface area (Å²) in [4.78, 5) is 6.46. The fraction of sp³-hybridized carbons (Fsp3) is 0.650. The van der Waals surface area contributed by atoms with Gasteiger partial charge in [0.2, 0.25) is 0 Å². The van der Waals surface area contributed by atoms with Gasteiger partial charge < -0.3 is 25.0 Å². The number of rotatable bonds is 13. The molecule has 0 saturated carbocycles. The molecule has 1 rings (SSSR count). The van der Waals surface area contributed by atoms with E-state index >= 15 is 0 Å². The van der Waals surface area contributed by atoms with Gasteiger partial charge in [-0.25, -0.2) is 0 Å². The fourth-order valence-corrected chi connectivity index (χ4v) is 2.41. The highest BCUT2D eigenvalue weighted by Gasteiger charge is 2.02. The molecule has 0 aromatic heterocycles. The fourth-order valence-electron chi connectivity index (χ4n) is 2.41. The summed E-state index contributed by atoms with van der Waals surface area (Å²) >= 11 is 0. The molecule has 1 aromatic rings. The zero-order valence-corrected chi connectivity index (χ0v) is 16.9. The van der Waals surface area contributed by atoms with Crippen LogP contribution in [0, 0.1) is 0 Å². The van der Waals surface area contributed by atoms with Gasteiger partial charge >= 0.3 is 0 Å². The van der Waals surface area contributed by atoms with E-state index in [1.54, 1.807) is 14.2 Å². The SMILES string of the molecule is CCCCCNC(=NC)NCc1cccc(OCCN(C)CCOC)c1. The Hall–Kier alpha value is -1.79. The van der Waals surface area contributed by atoms with Crippen LogP contribution in [0.4, 0.5) is 0 Å². The van der Waals surface area contributed by atoms with E-state index in [4.69, 9.17) is 9.47 Å². The minimum atomic E-state index is 0.664. The minimum Gasteiger partial charge on any atom is -0.492 e. The van der Waals surface area contributed by atoms with Crippen LogP contribution in [0.1, 0.15) is 31.7 Å². The van der Waals surface area contributed by atoms with Gasteiger partial charge in [-0.2, -0.15) is 0 Å². The van der Waals surface area contributed by atoms with E-state index in [9.17, 15) is 0 Å². The van der Waals surface area contributed by atoms with E-state index in [2.05, 4.69) is 46.6 Å². The Kier molecular flexibility index (Phi) is 12.3. The molecule has 0 unspecified atom stereocenters. The summed E-state index contributed by atoms with van der Waals surface area (Å²) in [5.74, 6) is 1.74. The van der Waals surface area contributed by atoms with Gasteiger partial charge in [-0.1, -0.05) is 31.9 Å². The maximum Gasteiger partial charge on any atom is 0.191 e. The molecule has 6 heteroatoms. The van der Waals surface area contributed by atoms with E-state index in [0.717, 1.165) is 44.5 Å². The molecule has 0 aliphatic rings. The van der Waals surface area contributed by atoms with Crippen molar-refractivity contribution in [1.29, 1.82) is 0 Å². The van der Waals surface area contributed by atoms with Crippen LogP contribution in [-0.4, -0.2) is 64.9 Å². The van der Waals surface area contributed by atoms with Crippen molar-refractivity contribution in [2.45, 2.75) is 32.7 Å². The number of hydrogen-bond donors (Lipinski definition) is 2. The number of guanidine groups is 1. The monoisotopic (exact) mass is 364 g/mol. The summed E-state index contributed by atoms with van der Waals surface area (Å²) in [5.41, 5.74) is 1.17. The predicted molar refractivity (Wildman–Crippen MR) is 109 cm³/mol. The molecule has 0 spiro atoms. The number of methoxy groups -OCH3 is 1. The average molecular weight is 365 g/mol. The molecule has 0 aliphatic carbocycles. The maximum absolute atomic E-state index is 5.87. The molecule has 6 nitrogen and oxygen atoms in total. The van der Waals surface area contributed by atoms with Crippen molar-refractivity contribution in [2.75, 3.05) is 54.1 Å². The molecule has 0 atom stereocenters. The Balaban J connectivity index is 2.34. The lowest BCUT2D eigenvalue weighted by atomic mass is 10.2. The van der Waals surface area contributed by atoms with Crippen LogP contribution < -0.4 is 15.4 Å². The van der Waals surface area contributed by atoms with Crippen LogP contribution in [0.15, 0.2) is 29.3 Å². The van der Waals surface area contributed by atoms with Crippen molar-refractivity contribution < 1.29 is 9.47 Å². The van der Waals surface area contributed by atoms with Crippen molar-refractivity contribution in [3.8, 4) is 5.75 Å². The van der Waals surface area contributed by atoms with E-state index in [-0.39, 0.29) is 0 Å². The lowest BCUT2D eigenvalue weighted by Crippen LogP contribution is -2.37. The zero-order chi connectivity index (χ0) is 19.0. The molecule has 0 saturated heterocycles. The Morgan fingerprint density at radius 1 is 1.15 bits per heavy atom. The maximum atomic E-state index is 5.87. The van der Waals surface area contributed by atoms with E-state index in [1.807, 2.05) is 12.1 Å². The van der Waals surface area contributed by atoms with Gasteiger partial charge in [-0.3, -0.25) is 4.99 Å². The molecule has 0 heterocycles. The molecule has 0 bridgehead atoms. The van der Waals surface area contributed by atoms with Crippen LogP contribution in [0.3, 0.4) is 0 Å². The number of likely N-dealkylation sites (N-methyl/N-ethyl adjacent to an activating group) is 1. The molecule has 1 aromatic carbocycles. The van der Waals surface area contributed by atoms with Gasteiger partial charge in [0.15, 0.2) is 5.96 Å². The molecule has 0 fully saturated rings. The number of nitrogens with one attached hydrogen (secondary N) is 2. The number of hydrogen-bond acceptors (Lipinski definition) is 4. The lowest BCUT2D eigenvalue weighted by molar-refractivity contribution is 0.150. The summed E-state index contributed by atoms with van der Waals surface area (Å²) in [6.45, 7) is 7.07. The minimum absolute atomic E-state index is 0.664. The van der Waals surface area contributed by atoms with Gasteiger partial charge in [0.1, 0.15) is 12.4 Å². The smallest absolute Gasteiger partial charge is 0.191 e. The highest BCUT2D eigenvalue weighted by atomic mass is 16.5. The number of nitrogens with zero attached hydrogens (tertiary/aromatic N) is 2. The molecule has 148 valence electrons. The summed E-state index contributed by atoms with van der Waals surface area (Å²) in [5, 5.41) is 6.69. The average Bonchev–Trinajstić information content (AvgIpc) is 2.66. The van der Waals surface area contributed by atoms with E-state index < -0.39 is 0 Å². The molecular formula is C20H36N4O2. The Morgan fingerprint density at radius 2 is 1.96 bits per heavy atom. The third-order valence-electron chi connectivity index (χ3n) is 4.07. The number of benzene rings is 1. The van der Waals surface area contributed by atoms with Crippen molar-refractivity contribution in [2.24, 2.45) is 4.99 Å². The Morgan fingerprint density at radius 3 is 2.69 bits per heavy atom. The first-order chi connectivity index (χ1) is 12.7. The Bertz CT molecular complexity index is 508. The van der Waals surface area contributed by atoms with E-state index in [0.29, 0.717) is 6.61 Å². The predicted octanol–water partition coefficient (Wildman–Crippen LogP) is 2.50. The quantitative estimate of drug-likeness (QED) is 0.320. The van der Waals surface area contributed by atoms with E-state index in [1.165, 1.54) is 24.8 Å². The number of aliphatic imine (C=N–C) groups is 1. The van der Waals surface area contributed by atoms with Crippen LogP contribution in [0.25, 0.3) is 0 Å². The first-order valence-corrected chi connectivity index (χ1v) is 9.53. The van der Waals surface area contributed by atoms with Crippen LogP contribution in [0.5, 0.6) is 5.75 Å². The third-order valence-corrected chi connectivity index (χ3v) is 4.07. The summed E-state index contributed by atoms with van der Waals surface area (Å²) in [7, 11) is 5.59. The molecular weight excluding hydrogens is 328 g/mol. The second-order valence-electron chi connectivity index (χ2n) is 6.35. The topological polar surface area (TPSA) is 58.1 Å². The first kappa shape index (κ1) is 22.3. The van der Waals surface area contributed by atoms with Gasteiger partial charge in [0.25, 0.3) is 0 Å². The van der Waals surface area contributed by atoms with Crippen molar-refractivity contribution >= 4 is 5.96 Å². The summed E-state index contributed by atoms with van der Waals surface area (Å²) in [6.07, 6.45) is 3.63. The largest absolute Gasteiger partial charge is 0.492 e. The van der Waals surface area contributed by atoms with Crippen LogP contribution >= 0.6 is 0 Å². The highest BCUT2D eigenvalue weighted by Crippen LogP contribution is 2.13. The Labute approximate surface area is 159 Å². The molecule has 0 radical (unpaired) electrons. The van der Waals surface area contributed by atoms with Gasteiger partial charge in [-0.15, -0.1) is 0 Å². The van der Waals surface area contributed by atoms with Crippen LogP contribution in [-0.2, 0) is 11.3 Å². The van der Waals surface area contributed by atoms with Gasteiger partial charge in [-0.05, 0) is 31.2 Å². The van der Waals surface area contributed by atoms with Crippen LogP contribution in [0.2, 0.25) is 0 Å². The zero-order valence-electron chi connectivity index (χ0n) is 16.9. The molecule has 2 N–H and O–H groups in total.